The van der Waals surface area contributed by atoms with Crippen LogP contribution in [0.3, 0.4) is 0 Å². The van der Waals surface area contributed by atoms with Crippen LogP contribution in [0.2, 0.25) is 0 Å². The Bertz CT molecular complexity index is 1240. The van der Waals surface area contributed by atoms with Crippen LogP contribution in [0.5, 0.6) is 0 Å². The third-order valence-corrected chi connectivity index (χ3v) is 11.9. The van der Waals surface area contributed by atoms with E-state index < -0.39 is 6.10 Å². The Balaban J connectivity index is 4.41. The summed E-state index contributed by atoms with van der Waals surface area (Å²) in [4.78, 5) is 38.1. The van der Waals surface area contributed by atoms with Gasteiger partial charge in [0.15, 0.2) is 6.10 Å². The summed E-state index contributed by atoms with van der Waals surface area (Å²) < 4.78 is 16.8. The van der Waals surface area contributed by atoms with Gasteiger partial charge in [0.2, 0.25) is 0 Å². The summed E-state index contributed by atoms with van der Waals surface area (Å²) in [6.07, 6.45) is 68.8. The molecule has 0 spiro atoms. The SMILES string of the molecule is CC/C=C\C/C=C\C/C=C\C/C=C\CCCCCCCCC(=O)OCC(COC(=O)CCCCCCCCCCCCCCC)OC(=O)CCCCCCC/C=C\C/C=C\CCCCCC. The van der Waals surface area contributed by atoms with Crippen molar-refractivity contribution in [3.8, 4) is 0 Å². The zero-order chi connectivity index (χ0) is 47.9. The van der Waals surface area contributed by atoms with Gasteiger partial charge in [-0.2, -0.15) is 0 Å². The second kappa shape index (κ2) is 54.5. The average Bonchev–Trinajstić information content (AvgIpc) is 3.31. The van der Waals surface area contributed by atoms with Crippen molar-refractivity contribution in [2.24, 2.45) is 0 Å². The third kappa shape index (κ3) is 51.8. The summed E-state index contributed by atoms with van der Waals surface area (Å²) in [5.74, 6) is -0.905. The third-order valence-electron chi connectivity index (χ3n) is 11.9. The fourth-order valence-electron chi connectivity index (χ4n) is 7.76. The lowest BCUT2D eigenvalue weighted by atomic mass is 10.0. The molecule has 0 bridgehead atoms. The molecule has 0 aliphatic carbocycles. The lowest BCUT2D eigenvalue weighted by Gasteiger charge is -2.18. The molecule has 0 fully saturated rings. The van der Waals surface area contributed by atoms with E-state index in [0.29, 0.717) is 19.3 Å². The van der Waals surface area contributed by atoms with Gasteiger partial charge in [0.1, 0.15) is 13.2 Å². The van der Waals surface area contributed by atoms with Gasteiger partial charge < -0.3 is 14.2 Å². The first-order valence-corrected chi connectivity index (χ1v) is 27.9. The van der Waals surface area contributed by atoms with Gasteiger partial charge in [0, 0.05) is 19.3 Å². The molecule has 0 saturated heterocycles. The van der Waals surface area contributed by atoms with E-state index in [1.807, 2.05) is 0 Å². The van der Waals surface area contributed by atoms with Crippen LogP contribution < -0.4 is 0 Å². The van der Waals surface area contributed by atoms with Crippen LogP contribution in [0.25, 0.3) is 0 Å². The summed E-state index contributed by atoms with van der Waals surface area (Å²) in [6.45, 7) is 6.50. The van der Waals surface area contributed by atoms with Gasteiger partial charge in [-0.3, -0.25) is 14.4 Å². The van der Waals surface area contributed by atoms with Crippen LogP contribution >= 0.6 is 0 Å². The van der Waals surface area contributed by atoms with E-state index in [4.69, 9.17) is 14.2 Å². The van der Waals surface area contributed by atoms with Crippen molar-refractivity contribution in [2.45, 2.75) is 277 Å². The molecule has 0 rings (SSSR count). The van der Waals surface area contributed by atoms with Crippen molar-refractivity contribution >= 4 is 17.9 Å². The second-order valence-corrected chi connectivity index (χ2v) is 18.5. The maximum Gasteiger partial charge on any atom is 0.306 e. The van der Waals surface area contributed by atoms with Crippen molar-refractivity contribution in [1.29, 1.82) is 0 Å². The van der Waals surface area contributed by atoms with Crippen molar-refractivity contribution in [3.05, 3.63) is 72.9 Å². The molecule has 1 unspecified atom stereocenters. The van der Waals surface area contributed by atoms with E-state index in [1.165, 1.54) is 116 Å². The Labute approximate surface area is 408 Å². The second-order valence-electron chi connectivity index (χ2n) is 18.5. The predicted molar refractivity (Wildman–Crippen MR) is 284 cm³/mol. The summed E-state index contributed by atoms with van der Waals surface area (Å²) >= 11 is 0. The number of rotatable bonds is 50. The summed E-state index contributed by atoms with van der Waals surface area (Å²) in [5.41, 5.74) is 0. The number of carbonyl (C=O) groups is 3. The average molecular weight is 921 g/mol. The fourth-order valence-corrected chi connectivity index (χ4v) is 7.76. The minimum Gasteiger partial charge on any atom is -0.462 e. The molecule has 0 aromatic rings. The molecule has 0 aliphatic heterocycles. The number of unbranched alkanes of at least 4 members (excludes halogenated alkanes) is 27. The normalized spacial score (nSPS) is 12.6. The molecule has 0 aromatic carbocycles. The summed E-state index contributed by atoms with van der Waals surface area (Å²) in [5, 5.41) is 0. The molecular formula is C60H104O6. The van der Waals surface area contributed by atoms with Crippen LogP contribution in [0.4, 0.5) is 0 Å². The molecule has 66 heavy (non-hydrogen) atoms. The molecule has 0 radical (unpaired) electrons. The van der Waals surface area contributed by atoms with Crippen LogP contribution in [0.1, 0.15) is 271 Å². The highest BCUT2D eigenvalue weighted by atomic mass is 16.6. The molecule has 0 N–H and O–H groups in total. The molecule has 6 nitrogen and oxygen atoms in total. The van der Waals surface area contributed by atoms with Gasteiger partial charge in [0.25, 0.3) is 0 Å². The minimum atomic E-state index is -0.787. The minimum absolute atomic E-state index is 0.0839. The molecule has 0 saturated carbocycles. The van der Waals surface area contributed by atoms with Gasteiger partial charge in [-0.25, -0.2) is 0 Å². The van der Waals surface area contributed by atoms with Gasteiger partial charge in [-0.05, 0) is 89.9 Å². The van der Waals surface area contributed by atoms with Crippen LogP contribution in [-0.2, 0) is 28.6 Å². The molecule has 0 aliphatic rings. The summed E-state index contributed by atoms with van der Waals surface area (Å²) in [7, 11) is 0. The zero-order valence-corrected chi connectivity index (χ0v) is 43.4. The predicted octanol–water partition coefficient (Wildman–Crippen LogP) is 18.6. The first kappa shape index (κ1) is 62.8. The Morgan fingerprint density at radius 2 is 0.591 bits per heavy atom. The number of esters is 3. The smallest absolute Gasteiger partial charge is 0.306 e. The number of hydrogen-bond donors (Lipinski definition) is 0. The number of carbonyl (C=O) groups excluding carboxylic acids is 3. The Morgan fingerprint density at radius 1 is 0.318 bits per heavy atom. The molecule has 1 atom stereocenters. The van der Waals surface area contributed by atoms with Crippen molar-refractivity contribution < 1.29 is 28.6 Å². The maximum atomic E-state index is 12.8. The van der Waals surface area contributed by atoms with E-state index in [1.54, 1.807) is 0 Å². The molecule has 6 heteroatoms. The first-order chi connectivity index (χ1) is 32.5. The maximum absolute atomic E-state index is 12.8. The van der Waals surface area contributed by atoms with Crippen molar-refractivity contribution in [1.82, 2.24) is 0 Å². The summed E-state index contributed by atoms with van der Waals surface area (Å²) in [6, 6.07) is 0. The van der Waals surface area contributed by atoms with Gasteiger partial charge in [-0.1, -0.05) is 235 Å². The van der Waals surface area contributed by atoms with E-state index in [2.05, 4.69) is 93.7 Å². The Morgan fingerprint density at radius 3 is 0.939 bits per heavy atom. The lowest BCUT2D eigenvalue weighted by molar-refractivity contribution is -0.167. The largest absolute Gasteiger partial charge is 0.462 e. The number of ether oxygens (including phenoxy) is 3. The van der Waals surface area contributed by atoms with Crippen LogP contribution in [0.15, 0.2) is 72.9 Å². The van der Waals surface area contributed by atoms with Crippen molar-refractivity contribution in [3.63, 3.8) is 0 Å². The lowest BCUT2D eigenvalue weighted by Crippen LogP contribution is -2.30. The monoisotopic (exact) mass is 921 g/mol. The van der Waals surface area contributed by atoms with Crippen molar-refractivity contribution in [2.75, 3.05) is 13.2 Å². The van der Waals surface area contributed by atoms with Gasteiger partial charge in [-0.15, -0.1) is 0 Å². The molecular weight excluding hydrogens is 817 g/mol. The van der Waals surface area contributed by atoms with Crippen LogP contribution in [-0.4, -0.2) is 37.2 Å². The quantitative estimate of drug-likeness (QED) is 0.0262. The highest BCUT2D eigenvalue weighted by molar-refractivity contribution is 5.71. The highest BCUT2D eigenvalue weighted by Gasteiger charge is 2.19. The number of hydrogen-bond acceptors (Lipinski definition) is 6. The topological polar surface area (TPSA) is 78.9 Å². The molecule has 0 heterocycles. The van der Waals surface area contributed by atoms with Crippen LogP contribution in [0, 0.1) is 0 Å². The Hall–Kier alpha value is -3.15. The van der Waals surface area contributed by atoms with E-state index in [0.717, 1.165) is 116 Å². The fraction of sp³-hybridized carbons (Fsp3) is 0.750. The Kier molecular flexibility index (Phi) is 51.9. The first-order valence-electron chi connectivity index (χ1n) is 27.9. The number of allylic oxidation sites excluding steroid dienone is 12. The van der Waals surface area contributed by atoms with E-state index in [9.17, 15) is 14.4 Å². The zero-order valence-electron chi connectivity index (χ0n) is 43.4. The highest BCUT2D eigenvalue weighted by Crippen LogP contribution is 2.15. The van der Waals surface area contributed by atoms with E-state index >= 15 is 0 Å². The van der Waals surface area contributed by atoms with Gasteiger partial charge in [0.05, 0.1) is 0 Å². The van der Waals surface area contributed by atoms with E-state index in [-0.39, 0.29) is 31.1 Å². The van der Waals surface area contributed by atoms with Gasteiger partial charge >= 0.3 is 17.9 Å². The molecule has 0 amide bonds. The standard InChI is InChI=1S/C60H104O6/c1-4-7-10-13-16-19-22-25-27-29-30-31-33-35-38-41-44-47-50-53-59(62)65-56-57(55-64-58(61)52-49-46-43-40-37-34-24-21-18-15-12-9-6-3)66-60(63)54-51-48-45-42-39-36-32-28-26-23-20-17-14-11-8-5-2/h7,10,16,19-20,23,25,27-28,30-32,57H,4-6,8-9,11-15,17-18,21-22,24,26,29,33-56H2,1-3H3/b10-7-,19-16-,23-20-,27-25-,31-30-,32-28-. The molecule has 380 valence electrons. The molecule has 0 aromatic heterocycles.